The summed E-state index contributed by atoms with van der Waals surface area (Å²) in [7, 11) is 0. The summed E-state index contributed by atoms with van der Waals surface area (Å²) in [5, 5.41) is 12.5. The maximum atomic E-state index is 11.5. The zero-order chi connectivity index (χ0) is 13.5. The highest BCUT2D eigenvalue weighted by atomic mass is 35.5. The molecule has 1 aromatic rings. The molecule has 6 heteroatoms. The third-order valence-electron chi connectivity index (χ3n) is 2.43. The molecular formula is C12H17ClN2O3. The van der Waals surface area contributed by atoms with Crippen LogP contribution in [0.2, 0.25) is 5.02 Å². The lowest BCUT2D eigenvalue weighted by Crippen LogP contribution is -2.40. The number of carbonyl (C=O) groups excluding carboxylic acids is 1. The molecule has 0 spiro atoms. The van der Waals surface area contributed by atoms with Crippen molar-refractivity contribution in [3.8, 4) is 0 Å². The van der Waals surface area contributed by atoms with Crippen LogP contribution in [0.4, 0.5) is 5.69 Å². The van der Waals surface area contributed by atoms with E-state index in [9.17, 15) is 4.79 Å². The normalized spacial score (nSPS) is 12.2. The first-order valence-corrected chi connectivity index (χ1v) is 6.01. The molecule has 0 bridgehead atoms. The van der Waals surface area contributed by atoms with Crippen molar-refractivity contribution >= 4 is 23.3 Å². The zero-order valence-corrected chi connectivity index (χ0v) is 10.9. The molecule has 1 rings (SSSR count). The zero-order valence-electron chi connectivity index (χ0n) is 10.1. The van der Waals surface area contributed by atoms with E-state index in [1.165, 1.54) is 0 Å². The van der Waals surface area contributed by atoms with Gasteiger partial charge in [0.1, 0.15) is 6.04 Å². The number of aliphatic hydroxyl groups excluding tert-OH is 1. The molecule has 100 valence electrons. The minimum absolute atomic E-state index is 0.269. The number of anilines is 1. The van der Waals surface area contributed by atoms with E-state index >= 15 is 0 Å². The lowest BCUT2D eigenvalue weighted by Gasteiger charge is -2.16. The molecule has 0 saturated carbocycles. The first-order valence-electron chi connectivity index (χ1n) is 5.63. The Bertz CT molecular complexity index is 392. The van der Waals surface area contributed by atoms with E-state index in [2.05, 4.69) is 5.32 Å². The Morgan fingerprint density at radius 2 is 2.33 bits per heavy atom. The number of aliphatic hydroxyl groups is 1. The van der Waals surface area contributed by atoms with Crippen LogP contribution in [0.1, 0.15) is 12.5 Å². The van der Waals surface area contributed by atoms with E-state index in [-0.39, 0.29) is 19.8 Å². The first kappa shape index (κ1) is 14.8. The first-order chi connectivity index (χ1) is 8.60. The molecule has 0 aliphatic heterocycles. The van der Waals surface area contributed by atoms with E-state index in [1.54, 1.807) is 25.1 Å². The van der Waals surface area contributed by atoms with Gasteiger partial charge in [0.25, 0.3) is 0 Å². The predicted octanol–water partition coefficient (Wildman–Crippen LogP) is 0.936. The van der Waals surface area contributed by atoms with Gasteiger partial charge in [0.2, 0.25) is 0 Å². The molecule has 0 saturated heterocycles. The standard InChI is InChI=1S/C12H17ClN2O3/c1-2-18-12(17)11(7-16)15-6-8-9(13)4-3-5-10(8)14/h3-5,11,15-16H,2,6-7,14H2,1H3/t11-/m1/s1. The van der Waals surface area contributed by atoms with Gasteiger partial charge in [0.05, 0.1) is 13.2 Å². The monoisotopic (exact) mass is 272 g/mol. The number of ether oxygens (including phenoxy) is 1. The summed E-state index contributed by atoms with van der Waals surface area (Å²) in [5.74, 6) is -0.495. The Morgan fingerprint density at radius 3 is 2.89 bits per heavy atom. The molecule has 0 radical (unpaired) electrons. The number of esters is 1. The molecule has 4 N–H and O–H groups in total. The van der Waals surface area contributed by atoms with Crippen molar-refractivity contribution in [2.45, 2.75) is 19.5 Å². The SMILES string of the molecule is CCOC(=O)[C@@H](CO)NCc1c(N)cccc1Cl. The number of halogens is 1. The Balaban J connectivity index is 2.65. The van der Waals surface area contributed by atoms with Crippen molar-refractivity contribution in [2.75, 3.05) is 18.9 Å². The molecular weight excluding hydrogens is 256 g/mol. The number of carbonyl (C=O) groups is 1. The molecule has 0 fully saturated rings. The molecule has 0 aliphatic carbocycles. The maximum Gasteiger partial charge on any atom is 0.325 e. The van der Waals surface area contributed by atoms with Crippen LogP contribution < -0.4 is 11.1 Å². The summed E-state index contributed by atoms with van der Waals surface area (Å²) in [6, 6.07) is 4.41. The van der Waals surface area contributed by atoms with Gasteiger partial charge in [-0.2, -0.15) is 0 Å². The van der Waals surface area contributed by atoms with Crippen LogP contribution in [-0.2, 0) is 16.1 Å². The molecule has 0 heterocycles. The van der Waals surface area contributed by atoms with Crippen LogP contribution in [0, 0.1) is 0 Å². The highest BCUT2D eigenvalue weighted by Crippen LogP contribution is 2.21. The average Bonchev–Trinajstić information content (AvgIpc) is 2.33. The van der Waals surface area contributed by atoms with Crippen molar-refractivity contribution in [3.63, 3.8) is 0 Å². The van der Waals surface area contributed by atoms with E-state index in [1.807, 2.05) is 0 Å². The summed E-state index contributed by atoms with van der Waals surface area (Å²) < 4.78 is 4.82. The van der Waals surface area contributed by atoms with Gasteiger partial charge in [-0.3, -0.25) is 10.1 Å². The summed E-state index contributed by atoms with van der Waals surface area (Å²) in [6.45, 7) is 1.92. The summed E-state index contributed by atoms with van der Waals surface area (Å²) in [5.41, 5.74) is 7.01. The number of nitrogen functional groups attached to an aromatic ring is 1. The van der Waals surface area contributed by atoms with E-state index < -0.39 is 12.0 Å². The van der Waals surface area contributed by atoms with Crippen LogP contribution in [-0.4, -0.2) is 30.3 Å². The van der Waals surface area contributed by atoms with E-state index in [4.69, 9.17) is 27.2 Å². The smallest absolute Gasteiger partial charge is 0.325 e. The van der Waals surface area contributed by atoms with Gasteiger partial charge in [-0.25, -0.2) is 0 Å². The molecule has 18 heavy (non-hydrogen) atoms. The third-order valence-corrected chi connectivity index (χ3v) is 2.79. The fourth-order valence-electron chi connectivity index (χ4n) is 1.45. The Morgan fingerprint density at radius 1 is 1.61 bits per heavy atom. The van der Waals surface area contributed by atoms with Crippen molar-refractivity contribution in [1.82, 2.24) is 5.32 Å². The minimum atomic E-state index is -0.777. The van der Waals surface area contributed by atoms with Gasteiger partial charge in [-0.05, 0) is 19.1 Å². The van der Waals surface area contributed by atoms with Crippen molar-refractivity contribution in [3.05, 3.63) is 28.8 Å². The molecule has 0 amide bonds. The lowest BCUT2D eigenvalue weighted by molar-refractivity contribution is -0.146. The van der Waals surface area contributed by atoms with Crippen molar-refractivity contribution < 1.29 is 14.6 Å². The van der Waals surface area contributed by atoms with Gasteiger partial charge in [0.15, 0.2) is 0 Å². The molecule has 0 unspecified atom stereocenters. The highest BCUT2D eigenvalue weighted by molar-refractivity contribution is 6.31. The van der Waals surface area contributed by atoms with Gasteiger partial charge < -0.3 is 15.6 Å². The molecule has 1 atom stereocenters. The molecule has 0 aromatic heterocycles. The molecule has 1 aromatic carbocycles. The average molecular weight is 273 g/mol. The summed E-state index contributed by atoms with van der Waals surface area (Å²) in [6.07, 6.45) is 0. The van der Waals surface area contributed by atoms with Gasteiger partial charge in [-0.1, -0.05) is 17.7 Å². The quantitative estimate of drug-likeness (QED) is 0.530. The van der Waals surface area contributed by atoms with Crippen molar-refractivity contribution in [1.29, 1.82) is 0 Å². The number of nitrogens with two attached hydrogens (primary N) is 1. The van der Waals surface area contributed by atoms with Gasteiger partial charge in [0, 0.05) is 22.8 Å². The predicted molar refractivity (Wildman–Crippen MR) is 70.2 cm³/mol. The second-order valence-electron chi connectivity index (χ2n) is 3.68. The highest BCUT2D eigenvalue weighted by Gasteiger charge is 2.18. The molecule has 0 aliphatic rings. The van der Waals surface area contributed by atoms with Gasteiger partial charge >= 0.3 is 5.97 Å². The third kappa shape index (κ3) is 3.87. The van der Waals surface area contributed by atoms with Crippen LogP contribution in [0.15, 0.2) is 18.2 Å². The van der Waals surface area contributed by atoms with Crippen LogP contribution in [0.25, 0.3) is 0 Å². The Labute approximate surface area is 111 Å². The second kappa shape index (κ2) is 7.20. The number of nitrogens with one attached hydrogen (secondary N) is 1. The maximum absolute atomic E-state index is 11.5. The lowest BCUT2D eigenvalue weighted by atomic mass is 10.1. The van der Waals surface area contributed by atoms with Crippen LogP contribution in [0.3, 0.4) is 0 Å². The number of hydrogen-bond acceptors (Lipinski definition) is 5. The molecule has 5 nitrogen and oxygen atoms in total. The Kier molecular flexibility index (Phi) is 5.91. The number of rotatable bonds is 6. The van der Waals surface area contributed by atoms with Gasteiger partial charge in [-0.15, -0.1) is 0 Å². The van der Waals surface area contributed by atoms with Crippen LogP contribution in [0.5, 0.6) is 0 Å². The topological polar surface area (TPSA) is 84.6 Å². The fourth-order valence-corrected chi connectivity index (χ4v) is 1.70. The minimum Gasteiger partial charge on any atom is -0.465 e. The van der Waals surface area contributed by atoms with E-state index in [0.717, 1.165) is 0 Å². The van der Waals surface area contributed by atoms with Crippen molar-refractivity contribution in [2.24, 2.45) is 0 Å². The summed E-state index contributed by atoms with van der Waals surface area (Å²) in [4.78, 5) is 11.5. The number of hydrogen-bond donors (Lipinski definition) is 3. The number of benzene rings is 1. The largest absolute Gasteiger partial charge is 0.465 e. The fraction of sp³-hybridized carbons (Fsp3) is 0.417. The second-order valence-corrected chi connectivity index (χ2v) is 4.08. The summed E-state index contributed by atoms with van der Waals surface area (Å²) >= 11 is 6.00. The van der Waals surface area contributed by atoms with Crippen LogP contribution >= 0.6 is 11.6 Å². The van der Waals surface area contributed by atoms with E-state index in [0.29, 0.717) is 16.3 Å². The Hall–Kier alpha value is -1.30.